The van der Waals surface area contributed by atoms with Crippen LogP contribution in [-0.2, 0) is 28.6 Å². The summed E-state index contributed by atoms with van der Waals surface area (Å²) in [6, 6.07) is 0. The Kier molecular flexibility index (Phi) is 8.58. The van der Waals surface area contributed by atoms with E-state index in [0.717, 1.165) is 11.1 Å². The molecule has 0 aromatic rings. The number of rotatable bonds is 3. The maximum Gasteiger partial charge on any atom is 0.302 e. The molecule has 10 unspecified atom stereocenters. The molecule has 3 N–H and O–H groups in total. The topological polar surface area (TPSA) is 189 Å². The van der Waals surface area contributed by atoms with Crippen LogP contribution in [0.5, 0.6) is 0 Å². The minimum atomic E-state index is -1.44. The average Bonchev–Trinajstić information content (AvgIpc) is 3.72. The Hall–Kier alpha value is -4.27. The highest BCUT2D eigenvalue weighted by Crippen LogP contribution is 2.47. The smallest absolute Gasteiger partial charge is 0.302 e. The van der Waals surface area contributed by atoms with Gasteiger partial charge in [-0.2, -0.15) is 0 Å². The van der Waals surface area contributed by atoms with Crippen LogP contribution in [0.2, 0.25) is 0 Å². The standard InChI is InChI=1S/C38H42N4O9/c1-16-9-22-11-31-37(6,35-29(46)14-27(44)18(3)49-35)33(47)25(41-31)10-21-8-17(2)24(39-21)13-32-38(7,34(48)26(42-32)12-23(16)40-22)36-30(51-20(5)43)15-28(45)19(4)50-36/h8-13,18-19,27-30,35-36,44-46H,14-15H2,1-7H3. The Balaban J connectivity index is 1.38. The number of allylic oxidation sites excluding steroid dienone is 8. The van der Waals surface area contributed by atoms with Crippen molar-refractivity contribution >= 4 is 40.4 Å². The van der Waals surface area contributed by atoms with Gasteiger partial charge in [0, 0.05) is 19.8 Å². The normalized spacial score (nSPS) is 39.2. The molecule has 0 amide bonds. The van der Waals surface area contributed by atoms with Gasteiger partial charge in [-0.05, 0) is 89.1 Å². The van der Waals surface area contributed by atoms with E-state index >= 15 is 0 Å². The lowest BCUT2D eigenvalue weighted by Crippen LogP contribution is -2.57. The SMILES string of the molecule is CC(=O)OC1CC(O)C(C)OC1C1(C)C(=O)C2=NC1=CC1=NC(=CC3=NC(=CC4=NC(=C2)C(C)=C4)C(C)(C2OC(C)C(O)CC2O)C3=O)C=C1C. The molecule has 0 aliphatic carbocycles. The molecule has 13 heteroatoms. The fraction of sp³-hybridized carbons (Fsp3) is 0.500. The summed E-state index contributed by atoms with van der Waals surface area (Å²) in [6.07, 6.45) is 3.15. The first-order valence-corrected chi connectivity index (χ1v) is 17.2. The van der Waals surface area contributed by atoms with E-state index < -0.39 is 65.6 Å². The number of hydrogen-bond donors (Lipinski definition) is 3. The highest BCUT2D eigenvalue weighted by atomic mass is 16.6. The number of esters is 1. The average molecular weight is 699 g/mol. The molecular weight excluding hydrogens is 656 g/mol. The molecule has 7 aliphatic heterocycles. The minimum absolute atomic E-state index is 0.0393. The summed E-state index contributed by atoms with van der Waals surface area (Å²) in [6.45, 7) is 11.7. The molecule has 7 rings (SSSR count). The predicted molar refractivity (Wildman–Crippen MR) is 187 cm³/mol. The van der Waals surface area contributed by atoms with E-state index in [1.807, 2.05) is 13.8 Å². The minimum Gasteiger partial charge on any atom is -0.460 e. The van der Waals surface area contributed by atoms with Gasteiger partial charge >= 0.3 is 5.97 Å². The van der Waals surface area contributed by atoms with Gasteiger partial charge in [-0.1, -0.05) is 0 Å². The number of aliphatic imine (C=N–C) groups is 4. The molecule has 0 aromatic carbocycles. The van der Waals surface area contributed by atoms with Crippen molar-refractivity contribution in [3.05, 3.63) is 70.4 Å². The molecule has 0 spiro atoms. The summed E-state index contributed by atoms with van der Waals surface area (Å²) >= 11 is 0. The van der Waals surface area contributed by atoms with Crippen molar-refractivity contribution in [3.8, 4) is 0 Å². The molecule has 2 saturated heterocycles. The van der Waals surface area contributed by atoms with Gasteiger partial charge in [0.1, 0.15) is 40.6 Å². The van der Waals surface area contributed by atoms with Crippen LogP contribution in [-0.4, -0.2) is 105 Å². The van der Waals surface area contributed by atoms with Gasteiger partial charge in [0.15, 0.2) is 11.6 Å². The summed E-state index contributed by atoms with van der Waals surface area (Å²) in [4.78, 5) is 60.3. The van der Waals surface area contributed by atoms with Gasteiger partial charge in [-0.3, -0.25) is 14.4 Å². The molecule has 268 valence electrons. The second kappa shape index (κ2) is 12.4. The molecule has 7 heterocycles. The van der Waals surface area contributed by atoms with Crippen molar-refractivity contribution in [3.63, 3.8) is 0 Å². The Labute approximate surface area is 295 Å². The lowest BCUT2D eigenvalue weighted by atomic mass is 9.72. The fourth-order valence-electron chi connectivity index (χ4n) is 7.85. The number of ether oxygens (including phenoxy) is 3. The highest BCUT2D eigenvalue weighted by Gasteiger charge is 2.58. The van der Waals surface area contributed by atoms with Crippen LogP contribution in [0.15, 0.2) is 90.4 Å². The quantitative estimate of drug-likeness (QED) is 0.372. The predicted octanol–water partition coefficient (Wildman–Crippen LogP) is 2.77. The van der Waals surface area contributed by atoms with Crippen LogP contribution >= 0.6 is 0 Å². The van der Waals surface area contributed by atoms with E-state index in [1.165, 1.54) is 6.92 Å². The highest BCUT2D eigenvalue weighted by molar-refractivity contribution is 6.50. The molecule has 0 aromatic heterocycles. The van der Waals surface area contributed by atoms with Gasteiger partial charge < -0.3 is 29.5 Å². The number of fused-ring (bicyclic) bond motifs is 4. The number of ketones is 2. The third-order valence-corrected chi connectivity index (χ3v) is 11.0. The van der Waals surface area contributed by atoms with Crippen molar-refractivity contribution in [2.45, 2.75) is 110 Å². The number of carbonyl (C=O) groups is 3. The van der Waals surface area contributed by atoms with Crippen LogP contribution in [0.3, 0.4) is 0 Å². The number of aliphatic hydroxyl groups excluding tert-OH is 3. The van der Waals surface area contributed by atoms with Crippen molar-refractivity contribution < 1.29 is 43.9 Å². The summed E-state index contributed by atoms with van der Waals surface area (Å²) in [5.41, 5.74) is 1.36. The van der Waals surface area contributed by atoms with Gasteiger partial charge in [0.25, 0.3) is 0 Å². The number of nitrogens with zero attached hydrogens (tertiary/aromatic N) is 4. The summed E-state index contributed by atoms with van der Waals surface area (Å²) in [5.74, 6) is -1.31. The molecule has 8 bridgehead atoms. The van der Waals surface area contributed by atoms with Crippen molar-refractivity contribution in [1.82, 2.24) is 0 Å². The molecule has 13 nitrogen and oxygen atoms in total. The number of carbonyl (C=O) groups excluding carboxylic acids is 3. The first-order chi connectivity index (χ1) is 24.0. The van der Waals surface area contributed by atoms with E-state index in [-0.39, 0.29) is 35.8 Å². The first-order valence-electron chi connectivity index (χ1n) is 17.2. The Morgan fingerprint density at radius 1 is 0.725 bits per heavy atom. The second-order valence-corrected chi connectivity index (χ2v) is 14.7. The molecule has 2 fully saturated rings. The number of aliphatic hydroxyl groups is 3. The van der Waals surface area contributed by atoms with E-state index in [0.29, 0.717) is 34.2 Å². The lowest BCUT2D eigenvalue weighted by molar-refractivity contribution is -0.206. The van der Waals surface area contributed by atoms with E-state index in [9.17, 15) is 29.7 Å². The third kappa shape index (κ3) is 5.71. The maximum absolute atomic E-state index is 14.6. The molecular formula is C38H42N4O9. The summed E-state index contributed by atoms with van der Waals surface area (Å²) in [7, 11) is 0. The van der Waals surface area contributed by atoms with Crippen LogP contribution in [0.1, 0.15) is 61.3 Å². The van der Waals surface area contributed by atoms with Crippen molar-refractivity contribution in [1.29, 1.82) is 0 Å². The molecule has 10 atom stereocenters. The molecule has 0 radical (unpaired) electrons. The summed E-state index contributed by atoms with van der Waals surface area (Å²) < 4.78 is 18.0. The molecule has 0 saturated carbocycles. The largest absolute Gasteiger partial charge is 0.460 e. The van der Waals surface area contributed by atoms with E-state index in [4.69, 9.17) is 34.2 Å². The van der Waals surface area contributed by atoms with Gasteiger partial charge in [-0.15, -0.1) is 0 Å². The van der Waals surface area contributed by atoms with Crippen LogP contribution in [0, 0.1) is 10.8 Å². The third-order valence-electron chi connectivity index (χ3n) is 11.0. The van der Waals surface area contributed by atoms with Crippen LogP contribution in [0.25, 0.3) is 0 Å². The van der Waals surface area contributed by atoms with E-state index in [2.05, 4.69) is 0 Å². The second-order valence-electron chi connectivity index (χ2n) is 14.7. The van der Waals surface area contributed by atoms with Gasteiger partial charge in [0.2, 0.25) is 0 Å². The maximum atomic E-state index is 14.6. The Morgan fingerprint density at radius 2 is 1.31 bits per heavy atom. The van der Waals surface area contributed by atoms with Crippen molar-refractivity contribution in [2.24, 2.45) is 30.8 Å². The molecule has 7 aliphatic rings. The Morgan fingerprint density at radius 3 is 1.98 bits per heavy atom. The summed E-state index contributed by atoms with van der Waals surface area (Å²) in [5, 5.41) is 32.1. The fourth-order valence-corrected chi connectivity index (χ4v) is 7.85. The van der Waals surface area contributed by atoms with Crippen LogP contribution < -0.4 is 0 Å². The lowest BCUT2D eigenvalue weighted by Gasteiger charge is -2.44. The zero-order chi connectivity index (χ0) is 36.7. The van der Waals surface area contributed by atoms with Crippen molar-refractivity contribution in [2.75, 3.05) is 0 Å². The number of hydrogen-bond acceptors (Lipinski definition) is 13. The zero-order valence-corrected chi connectivity index (χ0v) is 29.6. The zero-order valence-electron chi connectivity index (χ0n) is 29.6. The Bertz CT molecular complexity index is 1960. The van der Waals surface area contributed by atoms with Gasteiger partial charge in [0.05, 0.1) is 64.7 Å². The first kappa shape index (κ1) is 35.1. The van der Waals surface area contributed by atoms with E-state index in [1.54, 1.807) is 64.2 Å². The number of Topliss-reactive ketones (excluding diaryl/α,β-unsaturated/α-hetero) is 2. The van der Waals surface area contributed by atoms with Crippen LogP contribution in [0.4, 0.5) is 0 Å². The molecule has 51 heavy (non-hydrogen) atoms. The van der Waals surface area contributed by atoms with Gasteiger partial charge in [-0.25, -0.2) is 20.0 Å². The monoisotopic (exact) mass is 698 g/mol.